The van der Waals surface area contributed by atoms with E-state index in [-0.39, 0.29) is 18.5 Å². The van der Waals surface area contributed by atoms with Crippen molar-refractivity contribution in [1.82, 2.24) is 9.91 Å². The fraction of sp³-hybridized carbons (Fsp3) is 0.261. The highest BCUT2D eigenvalue weighted by molar-refractivity contribution is 7.12. The van der Waals surface area contributed by atoms with Crippen molar-refractivity contribution in [1.29, 1.82) is 0 Å². The van der Waals surface area contributed by atoms with Crippen LogP contribution in [0.25, 0.3) is 0 Å². The second kappa shape index (κ2) is 8.13. The number of hydrogen-bond acceptors (Lipinski definition) is 6. The van der Waals surface area contributed by atoms with Crippen LogP contribution in [0.2, 0.25) is 0 Å². The van der Waals surface area contributed by atoms with Crippen molar-refractivity contribution in [3.63, 3.8) is 0 Å². The number of furan rings is 1. The van der Waals surface area contributed by atoms with Gasteiger partial charge in [0.2, 0.25) is 5.91 Å². The molecule has 0 fully saturated rings. The van der Waals surface area contributed by atoms with Crippen LogP contribution in [0.15, 0.2) is 69.7 Å². The zero-order chi connectivity index (χ0) is 21.4. The minimum absolute atomic E-state index is 0.0559. The van der Waals surface area contributed by atoms with E-state index in [1.54, 1.807) is 17.6 Å². The molecule has 31 heavy (non-hydrogen) atoms. The Morgan fingerprint density at radius 2 is 1.94 bits per heavy atom. The van der Waals surface area contributed by atoms with Crippen LogP contribution in [0.1, 0.15) is 34.2 Å². The van der Waals surface area contributed by atoms with Crippen LogP contribution in [0.3, 0.4) is 0 Å². The first-order valence-electron chi connectivity index (χ1n) is 10.2. The second-order valence-corrected chi connectivity index (χ2v) is 8.74. The molecule has 2 aromatic heterocycles. The van der Waals surface area contributed by atoms with E-state index in [2.05, 4.69) is 5.10 Å². The number of nitrogens with zero attached hydrogens (tertiary/aromatic N) is 3. The summed E-state index contributed by atoms with van der Waals surface area (Å²) in [5, 5.41) is 8.15. The molecule has 7 nitrogen and oxygen atoms in total. The lowest BCUT2D eigenvalue weighted by Gasteiger charge is -2.35. The van der Waals surface area contributed by atoms with E-state index in [0.717, 1.165) is 21.7 Å². The van der Waals surface area contributed by atoms with Gasteiger partial charge in [-0.3, -0.25) is 14.5 Å². The summed E-state index contributed by atoms with van der Waals surface area (Å²) in [5.74, 6) is 0.0896. The molecule has 3 aromatic rings. The van der Waals surface area contributed by atoms with Gasteiger partial charge in [-0.2, -0.15) is 5.10 Å². The van der Waals surface area contributed by atoms with Gasteiger partial charge < -0.3 is 10.2 Å². The minimum Gasteiger partial charge on any atom is -0.467 e. The lowest BCUT2D eigenvalue weighted by atomic mass is 9.93. The van der Waals surface area contributed by atoms with E-state index in [1.807, 2.05) is 58.8 Å². The van der Waals surface area contributed by atoms with Gasteiger partial charge in [0, 0.05) is 13.0 Å². The van der Waals surface area contributed by atoms with Gasteiger partial charge in [0.15, 0.2) is 0 Å². The number of thiophene rings is 1. The van der Waals surface area contributed by atoms with Crippen LogP contribution in [-0.2, 0) is 22.6 Å². The Hall–Kier alpha value is -3.23. The maximum atomic E-state index is 13.4. The van der Waals surface area contributed by atoms with E-state index >= 15 is 0 Å². The summed E-state index contributed by atoms with van der Waals surface area (Å²) in [5.41, 5.74) is 8.76. The van der Waals surface area contributed by atoms with E-state index in [4.69, 9.17) is 10.2 Å². The fourth-order valence-electron chi connectivity index (χ4n) is 4.30. The number of hydrazone groups is 1. The highest BCUT2D eigenvalue weighted by Gasteiger charge is 2.38. The van der Waals surface area contributed by atoms with Gasteiger partial charge in [-0.15, -0.1) is 11.3 Å². The zero-order valence-corrected chi connectivity index (χ0v) is 17.6. The third-order valence-corrected chi connectivity index (χ3v) is 6.77. The summed E-state index contributed by atoms with van der Waals surface area (Å²) in [7, 11) is 0. The highest BCUT2D eigenvalue weighted by Crippen LogP contribution is 2.34. The summed E-state index contributed by atoms with van der Waals surface area (Å²) in [6.45, 7) is 0.552. The summed E-state index contributed by atoms with van der Waals surface area (Å²) in [6.07, 6.45) is 2.69. The summed E-state index contributed by atoms with van der Waals surface area (Å²) < 4.78 is 5.61. The Kier molecular flexibility index (Phi) is 5.17. The first-order valence-corrected chi connectivity index (χ1v) is 11.0. The molecular weight excluding hydrogens is 412 g/mol. The highest BCUT2D eigenvalue weighted by atomic mass is 32.1. The molecule has 0 aliphatic carbocycles. The Balaban J connectivity index is 1.41. The SMILES string of the molecule is NC(=O)[C@@H]1Cc2ccccc2CN1CC(=O)N1N=C(c2cccs2)CC1c1ccco1. The Bertz CT molecular complexity index is 1120. The predicted octanol–water partition coefficient (Wildman–Crippen LogP) is 2.93. The molecule has 2 amide bonds. The molecular formula is C23H22N4O3S. The Morgan fingerprint density at radius 1 is 1.10 bits per heavy atom. The Morgan fingerprint density at radius 3 is 2.65 bits per heavy atom. The fourth-order valence-corrected chi connectivity index (χ4v) is 5.03. The van der Waals surface area contributed by atoms with Gasteiger partial charge in [0.1, 0.15) is 11.8 Å². The maximum absolute atomic E-state index is 13.4. The van der Waals surface area contributed by atoms with Crippen LogP contribution in [0, 0.1) is 0 Å². The van der Waals surface area contributed by atoms with Gasteiger partial charge in [0.05, 0.1) is 29.4 Å². The van der Waals surface area contributed by atoms with Crippen molar-refractivity contribution < 1.29 is 14.0 Å². The number of carbonyl (C=O) groups is 2. The number of rotatable bonds is 5. The van der Waals surface area contributed by atoms with Crippen LogP contribution < -0.4 is 5.73 Å². The first kappa shape index (κ1) is 19.7. The molecule has 5 rings (SSSR count). The molecule has 1 aromatic carbocycles. The van der Waals surface area contributed by atoms with Crippen LogP contribution in [-0.4, -0.2) is 40.0 Å². The molecule has 2 N–H and O–H groups in total. The normalized spacial score (nSPS) is 21.0. The maximum Gasteiger partial charge on any atom is 0.257 e. The molecule has 0 spiro atoms. The zero-order valence-electron chi connectivity index (χ0n) is 16.8. The topological polar surface area (TPSA) is 92.1 Å². The number of benzene rings is 1. The van der Waals surface area contributed by atoms with Crippen molar-refractivity contribution >= 4 is 28.9 Å². The standard InChI is InChI=1S/C23H22N4O3S/c24-23(29)19-11-15-5-1-2-6-16(15)13-26(19)14-22(28)27-18(20-7-3-9-30-20)12-17(25-27)21-8-4-10-31-21/h1-10,18-19H,11-14H2,(H2,24,29)/t18?,19-/m0/s1. The van der Waals surface area contributed by atoms with Gasteiger partial charge in [0.25, 0.3) is 5.91 Å². The molecule has 8 heteroatoms. The van der Waals surface area contributed by atoms with Crippen LogP contribution in [0.5, 0.6) is 0 Å². The molecule has 2 aliphatic rings. The lowest BCUT2D eigenvalue weighted by Crippen LogP contribution is -2.51. The third kappa shape index (κ3) is 3.80. The van der Waals surface area contributed by atoms with E-state index in [0.29, 0.717) is 25.1 Å². The first-order chi connectivity index (χ1) is 15.1. The quantitative estimate of drug-likeness (QED) is 0.668. The summed E-state index contributed by atoms with van der Waals surface area (Å²) >= 11 is 1.59. The molecule has 2 aliphatic heterocycles. The van der Waals surface area contributed by atoms with Crippen molar-refractivity contribution in [2.45, 2.75) is 31.5 Å². The molecule has 0 radical (unpaired) electrons. The van der Waals surface area contributed by atoms with Crippen molar-refractivity contribution in [2.75, 3.05) is 6.54 Å². The number of hydrogen-bond donors (Lipinski definition) is 1. The van der Waals surface area contributed by atoms with E-state index < -0.39 is 11.9 Å². The molecule has 0 bridgehead atoms. The van der Waals surface area contributed by atoms with Crippen LogP contribution >= 0.6 is 11.3 Å². The number of carbonyl (C=O) groups excluding carboxylic acids is 2. The Labute approximate surface area is 183 Å². The van der Waals surface area contributed by atoms with Gasteiger partial charge in [-0.1, -0.05) is 30.3 Å². The van der Waals surface area contributed by atoms with Crippen molar-refractivity contribution in [3.8, 4) is 0 Å². The van der Waals surface area contributed by atoms with Crippen LogP contribution in [0.4, 0.5) is 0 Å². The van der Waals surface area contributed by atoms with Gasteiger partial charge in [-0.25, -0.2) is 5.01 Å². The number of amides is 2. The molecule has 4 heterocycles. The predicted molar refractivity (Wildman–Crippen MR) is 117 cm³/mol. The van der Waals surface area contributed by atoms with E-state index in [1.165, 1.54) is 5.01 Å². The van der Waals surface area contributed by atoms with Gasteiger partial charge >= 0.3 is 0 Å². The summed E-state index contributed by atoms with van der Waals surface area (Å²) in [6, 6.07) is 14.8. The average Bonchev–Trinajstić information content (AvgIpc) is 3.54. The second-order valence-electron chi connectivity index (χ2n) is 7.79. The van der Waals surface area contributed by atoms with Crippen molar-refractivity contribution in [3.05, 3.63) is 81.9 Å². The molecule has 0 saturated heterocycles. The number of primary amides is 1. The molecule has 0 saturated carbocycles. The largest absolute Gasteiger partial charge is 0.467 e. The van der Waals surface area contributed by atoms with Gasteiger partial charge in [-0.05, 0) is 41.1 Å². The summed E-state index contributed by atoms with van der Waals surface area (Å²) in [4.78, 5) is 28.4. The smallest absolute Gasteiger partial charge is 0.257 e. The number of fused-ring (bicyclic) bond motifs is 1. The van der Waals surface area contributed by atoms with E-state index in [9.17, 15) is 9.59 Å². The number of nitrogens with two attached hydrogens (primary N) is 1. The molecule has 2 atom stereocenters. The monoisotopic (exact) mass is 434 g/mol. The third-order valence-electron chi connectivity index (χ3n) is 5.86. The molecule has 1 unspecified atom stereocenters. The lowest BCUT2D eigenvalue weighted by molar-refractivity contribution is -0.136. The molecule has 158 valence electrons. The average molecular weight is 435 g/mol. The van der Waals surface area contributed by atoms with Crippen molar-refractivity contribution in [2.24, 2.45) is 10.8 Å². The minimum atomic E-state index is -0.524.